The quantitative estimate of drug-likeness (QED) is 0.167. The van der Waals surface area contributed by atoms with Crippen LogP contribution in [0.15, 0.2) is 30.6 Å². The Morgan fingerprint density at radius 2 is 1.29 bits per heavy atom. The zero-order chi connectivity index (χ0) is 43.4. The Morgan fingerprint density at radius 3 is 1.68 bits per heavy atom. The third-order valence-electron chi connectivity index (χ3n) is 10.5. The number of aromatic nitrogens is 2. The van der Waals surface area contributed by atoms with Crippen molar-refractivity contribution >= 4 is 67.5 Å². The number of likely N-dealkylation sites (tertiary alicyclic amines) is 1. The molecule has 2 aliphatic rings. The minimum absolute atomic E-state index is 0. The molecule has 0 saturated carbocycles. The van der Waals surface area contributed by atoms with Gasteiger partial charge in [-0.15, -0.1) is 0 Å². The molecule has 0 unspecified atom stereocenters. The van der Waals surface area contributed by atoms with Crippen LogP contribution in [0.1, 0.15) is 65.6 Å². The number of halogens is 3. The Labute approximate surface area is 371 Å². The molecule has 4 N–H and O–H groups in total. The Morgan fingerprint density at radius 1 is 0.831 bits per heavy atom. The summed E-state index contributed by atoms with van der Waals surface area (Å²) < 4.78 is 44.7. The van der Waals surface area contributed by atoms with Gasteiger partial charge in [-0.25, -0.2) is 9.97 Å². The number of ether oxygens (including phenoxy) is 1. The van der Waals surface area contributed by atoms with Crippen LogP contribution in [0.2, 0.25) is 0 Å². The van der Waals surface area contributed by atoms with Crippen LogP contribution < -0.4 is 0 Å². The number of nitrogens with zero attached hydrogens (tertiary/aromatic N) is 7. The summed E-state index contributed by atoms with van der Waals surface area (Å²) in [6.45, 7) is 10.1. The number of carboxylic acid groups (broad SMARTS) is 4. The maximum absolute atomic E-state index is 13.2. The number of amides is 1. The largest absolute Gasteiger partial charge is 2.00 e. The van der Waals surface area contributed by atoms with Crippen LogP contribution in [-0.4, -0.2) is 220 Å². The number of piperidine rings is 1. The second-order valence-corrected chi connectivity index (χ2v) is 14.8. The molecule has 0 spiro atoms. The third kappa shape index (κ3) is 15.8. The van der Waals surface area contributed by atoms with Crippen LogP contribution in [0.25, 0.3) is 0 Å². The number of carbonyl (C=O) groups excluding carboxylic acids is 1. The summed E-state index contributed by atoms with van der Waals surface area (Å²) in [5, 5.41) is 34.5. The Hall–Kier alpha value is -3.50. The number of alkyl halides is 3. The maximum Gasteiger partial charge on any atom is 2.00 e. The molecule has 0 radical (unpaired) electrons. The predicted octanol–water partition coefficient (Wildman–Crippen LogP) is 2.05. The fourth-order valence-electron chi connectivity index (χ4n) is 7.40. The van der Waals surface area contributed by atoms with E-state index in [4.69, 9.17) is 25.2 Å². The van der Waals surface area contributed by atoms with E-state index in [-0.39, 0.29) is 74.4 Å². The molecule has 1 aromatic carbocycles. The van der Waals surface area contributed by atoms with Crippen LogP contribution in [0, 0.1) is 13.8 Å². The summed E-state index contributed by atoms with van der Waals surface area (Å²) in [7, 11) is 1.62. The van der Waals surface area contributed by atoms with Gasteiger partial charge in [0.2, 0.25) is 0 Å². The van der Waals surface area contributed by atoms with Gasteiger partial charge in [-0.05, 0) is 58.2 Å². The van der Waals surface area contributed by atoms with Crippen molar-refractivity contribution in [1.29, 1.82) is 0 Å². The van der Waals surface area contributed by atoms with Crippen molar-refractivity contribution in [2.45, 2.75) is 64.3 Å². The average molecular weight is 866 g/mol. The van der Waals surface area contributed by atoms with Crippen molar-refractivity contribution < 1.29 is 62.3 Å². The van der Waals surface area contributed by atoms with Crippen molar-refractivity contribution in [3.63, 3.8) is 0 Å². The molecule has 2 aliphatic heterocycles. The van der Waals surface area contributed by atoms with E-state index in [1.165, 1.54) is 6.33 Å². The van der Waals surface area contributed by atoms with Gasteiger partial charge < -0.3 is 30.1 Å². The first kappa shape index (κ1) is 51.6. The second-order valence-electron chi connectivity index (χ2n) is 14.8. The number of hydrogen-bond donors (Lipinski definition) is 4. The van der Waals surface area contributed by atoms with Gasteiger partial charge in [-0.1, -0.05) is 12.1 Å². The van der Waals surface area contributed by atoms with E-state index in [1.54, 1.807) is 19.2 Å². The molecule has 1 amide bonds. The topological polar surface area (TPSA) is 217 Å². The molecular formula is C38H54CaF3N7O10+2. The third-order valence-corrected chi connectivity index (χ3v) is 10.5. The van der Waals surface area contributed by atoms with Crippen molar-refractivity contribution in [2.75, 3.05) is 85.7 Å². The average Bonchev–Trinajstić information content (AvgIpc) is 3.12. The predicted molar refractivity (Wildman–Crippen MR) is 208 cm³/mol. The van der Waals surface area contributed by atoms with Gasteiger partial charge in [-0.2, -0.15) is 13.2 Å². The monoisotopic (exact) mass is 865 g/mol. The van der Waals surface area contributed by atoms with Crippen molar-refractivity contribution in [2.24, 2.45) is 0 Å². The molecule has 0 bridgehead atoms. The molecule has 2 atom stereocenters. The maximum atomic E-state index is 13.2. The molecule has 2 saturated heterocycles. The first-order valence-corrected chi connectivity index (χ1v) is 18.7. The molecule has 2 aromatic rings. The minimum atomic E-state index is -4.35. The number of hydrogen-bond acceptors (Lipinski definition) is 12. The molecule has 3 heterocycles. The van der Waals surface area contributed by atoms with Gasteiger partial charge in [0.1, 0.15) is 6.33 Å². The number of benzene rings is 1. The summed E-state index contributed by atoms with van der Waals surface area (Å²) >= 11 is 0. The summed E-state index contributed by atoms with van der Waals surface area (Å²) in [6, 6.07) is 5.52. The van der Waals surface area contributed by atoms with Crippen LogP contribution in [0.4, 0.5) is 13.2 Å². The Kier molecular flexibility index (Phi) is 20.6. The van der Waals surface area contributed by atoms with Gasteiger partial charge in [0.15, 0.2) is 0 Å². The number of carboxylic acids is 4. The Bertz CT molecular complexity index is 1640. The van der Waals surface area contributed by atoms with Crippen LogP contribution in [-0.2, 0) is 30.1 Å². The van der Waals surface area contributed by atoms with Gasteiger partial charge in [0, 0.05) is 64.5 Å². The molecule has 322 valence electrons. The number of carbonyl (C=O) groups is 5. The summed E-state index contributed by atoms with van der Waals surface area (Å²) in [6.07, 6.45) is -1.12. The second kappa shape index (κ2) is 23.5. The summed E-state index contributed by atoms with van der Waals surface area (Å²) in [4.78, 5) is 72.8. The van der Waals surface area contributed by atoms with E-state index < -0.39 is 61.8 Å². The van der Waals surface area contributed by atoms with Gasteiger partial charge in [-0.3, -0.25) is 43.6 Å². The fourth-order valence-corrected chi connectivity index (χ4v) is 7.40. The molecule has 1 aromatic heterocycles. The normalized spacial score (nSPS) is 17.7. The smallest absolute Gasteiger partial charge is 0.480 e. The number of methoxy groups -OCH3 is 1. The SMILES string of the molecule is COC[C@@H](c1ccc(C(F)(F)F)cc1)N1CCN(C2(C)CCN(C(=O)c3c(C)ncnc3C)CC2)C[C@@H]1C.O=C(O)CN(CCN(CC(=O)O)CC(=O)O)CC(=O)O.[Ca+2]. The number of rotatable bonds is 17. The van der Waals surface area contributed by atoms with Crippen molar-refractivity contribution in [3.05, 3.63) is 58.7 Å². The molecule has 17 nitrogen and oxygen atoms in total. The molecule has 4 rings (SSSR count). The molecular weight excluding hydrogens is 812 g/mol. The number of piperazine rings is 1. The van der Waals surface area contributed by atoms with Crippen molar-refractivity contribution in [3.8, 4) is 0 Å². The zero-order valence-corrected chi connectivity index (χ0v) is 36.4. The van der Waals surface area contributed by atoms with E-state index in [1.807, 2.05) is 18.7 Å². The van der Waals surface area contributed by atoms with Crippen molar-refractivity contribution in [1.82, 2.24) is 34.5 Å². The molecule has 2 fully saturated rings. The zero-order valence-electron chi connectivity index (χ0n) is 34.2. The Balaban J connectivity index is 0.000000488. The number of aliphatic carboxylic acids is 4. The van der Waals surface area contributed by atoms with Crippen LogP contribution in [0.5, 0.6) is 0 Å². The standard InChI is InChI=1S/C28H38F3N5O2.C10H16N2O8.Ca/c1-19-16-35(14-15-36(19)24(17-38-5)22-6-8-23(9-7-22)28(29,30)31)27(4)10-12-34(13-11-27)26(37)25-20(2)32-18-33-21(25)3;13-7(14)3-11(4-8(15)16)1-2-12(5-9(17)18)6-10(19)20;/h6-9,18-19,24H,10-17H2,1-5H3;1-6H2,(H,13,14)(H,15,16)(H,17,18)(H,19,20);/q;;+2/t19-,24-;;/m0../s1. The summed E-state index contributed by atoms with van der Waals surface area (Å²) in [5.41, 5.74) is 2.18. The molecule has 0 aliphatic carbocycles. The summed E-state index contributed by atoms with van der Waals surface area (Å²) in [5.74, 6) is -4.91. The van der Waals surface area contributed by atoms with E-state index in [2.05, 4.69) is 33.6 Å². The minimum Gasteiger partial charge on any atom is -0.480 e. The first-order chi connectivity index (χ1) is 27.1. The molecule has 59 heavy (non-hydrogen) atoms. The fraction of sp³-hybridized carbons (Fsp3) is 0.605. The molecule has 21 heteroatoms. The van der Waals surface area contributed by atoms with E-state index in [0.29, 0.717) is 36.6 Å². The first-order valence-electron chi connectivity index (χ1n) is 18.7. The van der Waals surface area contributed by atoms with E-state index in [0.717, 1.165) is 60.0 Å². The number of aryl methyl sites for hydroxylation is 2. The van der Waals surface area contributed by atoms with Crippen LogP contribution in [0.3, 0.4) is 0 Å². The van der Waals surface area contributed by atoms with Gasteiger partial charge in [0.05, 0.1) is 61.3 Å². The van der Waals surface area contributed by atoms with E-state index >= 15 is 0 Å². The van der Waals surface area contributed by atoms with Crippen LogP contribution >= 0.6 is 0 Å². The van der Waals surface area contributed by atoms with E-state index in [9.17, 15) is 37.1 Å². The van der Waals surface area contributed by atoms with Gasteiger partial charge >= 0.3 is 67.8 Å². The van der Waals surface area contributed by atoms with Gasteiger partial charge in [0.25, 0.3) is 5.91 Å².